The van der Waals surface area contributed by atoms with Crippen molar-refractivity contribution in [2.75, 3.05) is 45.9 Å². The first-order valence-electron chi connectivity index (χ1n) is 5.45. The Labute approximate surface area is 80.6 Å². The molecule has 2 aliphatic heterocycles. The number of nitrogens with zero attached hydrogens (tertiary/aromatic N) is 2. The highest BCUT2D eigenvalue weighted by molar-refractivity contribution is 4.77. The van der Waals surface area contributed by atoms with Crippen molar-refractivity contribution < 1.29 is 4.74 Å². The minimum atomic E-state index is 0.563. The second-order valence-electron chi connectivity index (χ2n) is 4.04. The highest BCUT2D eigenvalue weighted by Gasteiger charge is 2.26. The van der Waals surface area contributed by atoms with Gasteiger partial charge in [0.15, 0.2) is 0 Å². The summed E-state index contributed by atoms with van der Waals surface area (Å²) in [5.41, 5.74) is 0. The van der Waals surface area contributed by atoms with Crippen molar-refractivity contribution in [3.8, 4) is 0 Å². The lowest BCUT2D eigenvalue weighted by Crippen LogP contribution is -2.32. The van der Waals surface area contributed by atoms with Crippen LogP contribution in [0.2, 0.25) is 0 Å². The third kappa shape index (κ3) is 2.93. The van der Waals surface area contributed by atoms with Gasteiger partial charge in [-0.3, -0.25) is 4.90 Å². The van der Waals surface area contributed by atoms with Gasteiger partial charge in [-0.15, -0.1) is 0 Å². The van der Waals surface area contributed by atoms with Gasteiger partial charge in [-0.1, -0.05) is 6.92 Å². The summed E-state index contributed by atoms with van der Waals surface area (Å²) in [6.07, 6.45) is 1.88. The lowest BCUT2D eigenvalue weighted by Gasteiger charge is -2.19. The molecule has 0 bridgehead atoms. The maximum Gasteiger partial charge on any atom is 0.0936 e. The molecule has 0 amide bonds. The molecule has 0 radical (unpaired) electrons. The largest absolute Gasteiger partial charge is 0.372 e. The molecule has 0 N–H and O–H groups in total. The highest BCUT2D eigenvalue weighted by Crippen LogP contribution is 2.12. The van der Waals surface area contributed by atoms with Crippen LogP contribution in [0.4, 0.5) is 0 Å². The van der Waals surface area contributed by atoms with Gasteiger partial charge in [0.25, 0.3) is 0 Å². The van der Waals surface area contributed by atoms with Crippen molar-refractivity contribution >= 4 is 0 Å². The zero-order valence-electron chi connectivity index (χ0n) is 8.54. The van der Waals surface area contributed by atoms with E-state index in [0.717, 1.165) is 13.2 Å². The van der Waals surface area contributed by atoms with Crippen molar-refractivity contribution in [1.29, 1.82) is 0 Å². The normalized spacial score (nSPS) is 31.6. The van der Waals surface area contributed by atoms with Gasteiger partial charge in [-0.25, -0.2) is 0 Å². The Kier molecular flexibility index (Phi) is 3.19. The Morgan fingerprint density at radius 3 is 2.54 bits per heavy atom. The first-order valence-corrected chi connectivity index (χ1v) is 5.45. The quantitative estimate of drug-likeness (QED) is 0.592. The molecule has 0 unspecified atom stereocenters. The second kappa shape index (κ2) is 4.40. The molecule has 76 valence electrons. The summed E-state index contributed by atoms with van der Waals surface area (Å²) in [7, 11) is 0. The van der Waals surface area contributed by atoms with Gasteiger partial charge in [-0.2, -0.15) is 0 Å². The minimum absolute atomic E-state index is 0.563. The molecule has 0 spiro atoms. The van der Waals surface area contributed by atoms with E-state index in [-0.39, 0.29) is 0 Å². The van der Waals surface area contributed by atoms with E-state index < -0.39 is 0 Å². The fourth-order valence-electron chi connectivity index (χ4n) is 1.98. The lowest BCUT2D eigenvalue weighted by molar-refractivity contribution is 0.240. The average Bonchev–Trinajstić information content (AvgIpc) is 2.93. The predicted octanol–water partition coefficient (Wildman–Crippen LogP) is 0.413. The molecule has 2 rings (SSSR count). The molecule has 3 heteroatoms. The van der Waals surface area contributed by atoms with Crippen LogP contribution in [0.15, 0.2) is 0 Å². The van der Waals surface area contributed by atoms with Crippen LogP contribution in [0.5, 0.6) is 0 Å². The molecule has 3 nitrogen and oxygen atoms in total. The molecule has 0 aromatic heterocycles. The number of rotatable bonds is 3. The van der Waals surface area contributed by atoms with E-state index in [1.54, 1.807) is 0 Å². The summed E-state index contributed by atoms with van der Waals surface area (Å²) in [6.45, 7) is 10.6. The van der Waals surface area contributed by atoms with E-state index in [2.05, 4.69) is 16.7 Å². The van der Waals surface area contributed by atoms with Crippen LogP contribution < -0.4 is 0 Å². The minimum Gasteiger partial charge on any atom is -0.372 e. The van der Waals surface area contributed by atoms with Crippen LogP contribution in [-0.2, 0) is 4.74 Å². The van der Waals surface area contributed by atoms with E-state index >= 15 is 0 Å². The van der Waals surface area contributed by atoms with Crippen molar-refractivity contribution in [3.63, 3.8) is 0 Å². The number of likely N-dealkylation sites (N-methyl/N-ethyl adjacent to an activating group) is 1. The Morgan fingerprint density at radius 2 is 1.85 bits per heavy atom. The fourth-order valence-corrected chi connectivity index (χ4v) is 1.98. The Morgan fingerprint density at radius 1 is 1.15 bits per heavy atom. The smallest absolute Gasteiger partial charge is 0.0936 e. The number of epoxide rings is 1. The van der Waals surface area contributed by atoms with Crippen LogP contribution >= 0.6 is 0 Å². The second-order valence-corrected chi connectivity index (χ2v) is 4.04. The molecule has 2 heterocycles. The Hall–Kier alpha value is -0.120. The van der Waals surface area contributed by atoms with Gasteiger partial charge in [0.05, 0.1) is 12.7 Å². The van der Waals surface area contributed by atoms with Gasteiger partial charge in [0.2, 0.25) is 0 Å². The number of hydrogen-bond donors (Lipinski definition) is 0. The van der Waals surface area contributed by atoms with Crippen LogP contribution in [0.3, 0.4) is 0 Å². The van der Waals surface area contributed by atoms with Crippen LogP contribution in [0.25, 0.3) is 0 Å². The zero-order chi connectivity index (χ0) is 9.10. The molecule has 0 aliphatic carbocycles. The molecule has 13 heavy (non-hydrogen) atoms. The first-order chi connectivity index (χ1) is 6.38. The van der Waals surface area contributed by atoms with Crippen molar-refractivity contribution in [2.45, 2.75) is 19.4 Å². The first kappa shape index (κ1) is 9.44. The summed E-state index contributed by atoms with van der Waals surface area (Å²) < 4.78 is 5.25. The Balaban J connectivity index is 1.72. The topological polar surface area (TPSA) is 19.0 Å². The van der Waals surface area contributed by atoms with E-state index in [1.807, 2.05) is 0 Å². The molecular weight excluding hydrogens is 164 g/mol. The van der Waals surface area contributed by atoms with Crippen LogP contribution in [0, 0.1) is 0 Å². The van der Waals surface area contributed by atoms with Crippen molar-refractivity contribution in [3.05, 3.63) is 0 Å². The molecule has 0 aromatic rings. The monoisotopic (exact) mass is 184 g/mol. The molecule has 1 atom stereocenters. The standard InChI is InChI=1S/C10H20N2O/c1-2-11-4-3-5-12(7-6-11)8-10-9-13-10/h10H,2-9H2,1H3/t10-/m1/s1. The fraction of sp³-hybridized carbons (Fsp3) is 1.00. The maximum absolute atomic E-state index is 5.25. The highest BCUT2D eigenvalue weighted by atomic mass is 16.6. The van der Waals surface area contributed by atoms with Gasteiger partial charge in [0, 0.05) is 19.6 Å². The summed E-state index contributed by atoms with van der Waals surface area (Å²) in [4.78, 5) is 5.08. The van der Waals surface area contributed by atoms with Crippen molar-refractivity contribution in [2.24, 2.45) is 0 Å². The Bertz CT molecular complexity index is 159. The van der Waals surface area contributed by atoms with E-state index in [1.165, 1.54) is 39.1 Å². The van der Waals surface area contributed by atoms with Gasteiger partial charge >= 0.3 is 0 Å². The maximum atomic E-state index is 5.25. The molecular formula is C10H20N2O. The van der Waals surface area contributed by atoms with Crippen molar-refractivity contribution in [1.82, 2.24) is 9.80 Å². The number of ether oxygens (including phenoxy) is 1. The molecule has 2 aliphatic rings. The number of hydrogen-bond acceptors (Lipinski definition) is 3. The summed E-state index contributed by atoms with van der Waals surface area (Å²) in [5, 5.41) is 0. The van der Waals surface area contributed by atoms with Gasteiger partial charge < -0.3 is 9.64 Å². The molecule has 2 saturated heterocycles. The zero-order valence-corrected chi connectivity index (χ0v) is 8.54. The summed E-state index contributed by atoms with van der Waals surface area (Å²) in [6, 6.07) is 0. The third-order valence-electron chi connectivity index (χ3n) is 2.99. The third-order valence-corrected chi connectivity index (χ3v) is 2.99. The van der Waals surface area contributed by atoms with Crippen LogP contribution in [0.1, 0.15) is 13.3 Å². The molecule has 0 aromatic carbocycles. The summed E-state index contributed by atoms with van der Waals surface area (Å²) >= 11 is 0. The predicted molar refractivity (Wildman–Crippen MR) is 52.9 cm³/mol. The van der Waals surface area contributed by atoms with E-state index in [4.69, 9.17) is 4.74 Å². The average molecular weight is 184 g/mol. The van der Waals surface area contributed by atoms with Gasteiger partial charge in [-0.05, 0) is 26.1 Å². The SMILES string of the molecule is CCN1CCCN(C[C@@H]2CO2)CC1. The van der Waals surface area contributed by atoms with Gasteiger partial charge in [0.1, 0.15) is 0 Å². The molecule has 0 saturated carbocycles. The molecule has 2 fully saturated rings. The van der Waals surface area contributed by atoms with Crippen LogP contribution in [-0.4, -0.2) is 61.8 Å². The summed E-state index contributed by atoms with van der Waals surface area (Å²) in [5.74, 6) is 0. The lowest BCUT2D eigenvalue weighted by atomic mass is 10.3. The van der Waals surface area contributed by atoms with E-state index in [9.17, 15) is 0 Å². The van der Waals surface area contributed by atoms with E-state index in [0.29, 0.717) is 6.10 Å².